The van der Waals surface area contributed by atoms with E-state index in [4.69, 9.17) is 0 Å². The highest BCUT2D eigenvalue weighted by Gasteiger charge is 2.19. The van der Waals surface area contributed by atoms with E-state index in [2.05, 4.69) is 34.5 Å². The third kappa shape index (κ3) is 3.95. The van der Waals surface area contributed by atoms with Crippen molar-refractivity contribution in [3.05, 3.63) is 35.4 Å². The van der Waals surface area contributed by atoms with Gasteiger partial charge in [-0.2, -0.15) is 0 Å². The monoisotopic (exact) mass is 280 g/mol. The van der Waals surface area contributed by atoms with Crippen molar-refractivity contribution in [2.75, 3.05) is 26.2 Å². The Morgan fingerprint density at radius 1 is 1.11 bits per heavy atom. The molecule has 1 aromatic carbocycles. The van der Waals surface area contributed by atoms with Crippen LogP contribution >= 0.6 is 12.4 Å². The van der Waals surface area contributed by atoms with Crippen molar-refractivity contribution in [3.8, 4) is 0 Å². The Hall–Kier alpha value is -0.570. The molecular weight excluding hydrogens is 256 g/mol. The average Bonchev–Trinajstić information content (AvgIpc) is 2.61. The molecule has 1 saturated heterocycles. The molecular formula is C16H25ClN2. The maximum Gasteiger partial charge on any atom is 0.0236 e. The van der Waals surface area contributed by atoms with Gasteiger partial charge < -0.3 is 5.32 Å². The van der Waals surface area contributed by atoms with Gasteiger partial charge >= 0.3 is 0 Å². The van der Waals surface area contributed by atoms with Gasteiger partial charge in [0.15, 0.2) is 0 Å². The summed E-state index contributed by atoms with van der Waals surface area (Å²) >= 11 is 0. The van der Waals surface area contributed by atoms with Gasteiger partial charge in [0, 0.05) is 13.1 Å². The van der Waals surface area contributed by atoms with Gasteiger partial charge in [-0.05, 0) is 62.4 Å². The predicted molar refractivity (Wildman–Crippen MR) is 82.9 cm³/mol. The van der Waals surface area contributed by atoms with E-state index in [0.29, 0.717) is 0 Å². The average molecular weight is 281 g/mol. The highest BCUT2D eigenvalue weighted by atomic mass is 35.5. The summed E-state index contributed by atoms with van der Waals surface area (Å²) in [6.07, 6.45) is 5.30. The fourth-order valence-electron chi connectivity index (χ4n) is 3.35. The molecule has 0 atom stereocenters. The molecule has 106 valence electrons. The van der Waals surface area contributed by atoms with Crippen LogP contribution in [0.2, 0.25) is 0 Å². The zero-order valence-electron chi connectivity index (χ0n) is 11.6. The number of piperidine rings is 1. The second-order valence-corrected chi connectivity index (χ2v) is 5.80. The lowest BCUT2D eigenvalue weighted by Crippen LogP contribution is -2.36. The first kappa shape index (κ1) is 14.8. The second kappa shape index (κ2) is 7.28. The number of aryl methyl sites for hydroxylation is 1. The van der Waals surface area contributed by atoms with Crippen molar-refractivity contribution in [3.63, 3.8) is 0 Å². The normalized spacial score (nSPS) is 21.3. The molecule has 0 spiro atoms. The molecule has 2 aliphatic rings. The lowest BCUT2D eigenvalue weighted by molar-refractivity contribution is 0.201. The lowest BCUT2D eigenvalue weighted by Gasteiger charge is -2.29. The summed E-state index contributed by atoms with van der Waals surface area (Å²) in [6, 6.07) is 8.99. The summed E-state index contributed by atoms with van der Waals surface area (Å²) in [7, 11) is 0. The van der Waals surface area contributed by atoms with Crippen molar-refractivity contribution in [2.24, 2.45) is 5.92 Å². The van der Waals surface area contributed by atoms with Crippen LogP contribution in [-0.4, -0.2) is 31.1 Å². The molecule has 3 rings (SSSR count). The van der Waals surface area contributed by atoms with Crippen molar-refractivity contribution in [1.29, 1.82) is 0 Å². The molecule has 0 amide bonds. The van der Waals surface area contributed by atoms with Crippen LogP contribution in [0.5, 0.6) is 0 Å². The topological polar surface area (TPSA) is 15.3 Å². The fourth-order valence-corrected chi connectivity index (χ4v) is 3.35. The maximum absolute atomic E-state index is 3.46. The summed E-state index contributed by atoms with van der Waals surface area (Å²) < 4.78 is 0. The van der Waals surface area contributed by atoms with Crippen molar-refractivity contribution >= 4 is 12.4 Å². The van der Waals surface area contributed by atoms with Gasteiger partial charge in [0.05, 0.1) is 0 Å². The van der Waals surface area contributed by atoms with Crippen LogP contribution in [0, 0.1) is 5.92 Å². The molecule has 2 aliphatic heterocycles. The van der Waals surface area contributed by atoms with E-state index in [1.54, 1.807) is 11.1 Å². The number of hydrogen-bond donors (Lipinski definition) is 1. The zero-order valence-corrected chi connectivity index (χ0v) is 12.4. The first-order valence-corrected chi connectivity index (χ1v) is 7.41. The Kier molecular flexibility index (Phi) is 5.68. The third-order valence-corrected chi connectivity index (χ3v) is 4.41. The third-order valence-electron chi connectivity index (χ3n) is 4.41. The maximum atomic E-state index is 3.46. The van der Waals surface area contributed by atoms with Crippen LogP contribution in [-0.2, 0) is 13.0 Å². The van der Waals surface area contributed by atoms with Crippen molar-refractivity contribution in [1.82, 2.24) is 10.2 Å². The summed E-state index contributed by atoms with van der Waals surface area (Å²) in [5, 5.41) is 3.46. The van der Waals surface area contributed by atoms with Gasteiger partial charge in [0.25, 0.3) is 0 Å². The fraction of sp³-hybridized carbons (Fsp3) is 0.625. The molecule has 0 radical (unpaired) electrons. The van der Waals surface area contributed by atoms with Gasteiger partial charge in [-0.3, -0.25) is 4.90 Å². The van der Waals surface area contributed by atoms with Gasteiger partial charge in [-0.15, -0.1) is 12.4 Å². The van der Waals surface area contributed by atoms with E-state index in [-0.39, 0.29) is 12.4 Å². The number of fused-ring (bicyclic) bond motifs is 1. The minimum atomic E-state index is 0. The molecule has 0 bridgehead atoms. The van der Waals surface area contributed by atoms with E-state index < -0.39 is 0 Å². The largest absolute Gasteiger partial charge is 0.317 e. The van der Waals surface area contributed by atoms with Gasteiger partial charge in [0.2, 0.25) is 0 Å². The first-order valence-electron chi connectivity index (χ1n) is 7.41. The molecule has 1 N–H and O–H groups in total. The minimum absolute atomic E-state index is 0. The molecule has 19 heavy (non-hydrogen) atoms. The zero-order chi connectivity index (χ0) is 12.2. The predicted octanol–water partition coefficient (Wildman–Crippen LogP) is 2.86. The van der Waals surface area contributed by atoms with E-state index in [1.165, 1.54) is 58.4 Å². The summed E-state index contributed by atoms with van der Waals surface area (Å²) in [5.74, 6) is 0.913. The number of hydrogen-bond acceptors (Lipinski definition) is 2. The van der Waals surface area contributed by atoms with Crippen LogP contribution in [0.1, 0.15) is 30.4 Å². The number of nitrogens with zero attached hydrogens (tertiary/aromatic N) is 1. The number of benzene rings is 1. The Bertz CT molecular complexity index is 388. The smallest absolute Gasteiger partial charge is 0.0236 e. The van der Waals surface area contributed by atoms with Crippen LogP contribution < -0.4 is 5.32 Å². The molecule has 0 unspecified atom stereocenters. The summed E-state index contributed by atoms with van der Waals surface area (Å²) in [6.45, 7) is 6.18. The summed E-state index contributed by atoms with van der Waals surface area (Å²) in [4.78, 5) is 2.68. The van der Waals surface area contributed by atoms with Gasteiger partial charge in [0.1, 0.15) is 0 Å². The van der Waals surface area contributed by atoms with E-state index in [9.17, 15) is 0 Å². The molecule has 1 aromatic rings. The minimum Gasteiger partial charge on any atom is -0.317 e. The van der Waals surface area contributed by atoms with Crippen molar-refractivity contribution in [2.45, 2.75) is 32.2 Å². The molecule has 3 heteroatoms. The van der Waals surface area contributed by atoms with E-state index >= 15 is 0 Å². The van der Waals surface area contributed by atoms with Crippen LogP contribution in [0.25, 0.3) is 0 Å². The molecule has 2 nitrogen and oxygen atoms in total. The molecule has 0 aliphatic carbocycles. The number of nitrogens with one attached hydrogen (secondary N) is 1. The quantitative estimate of drug-likeness (QED) is 0.896. The SMILES string of the molecule is Cl.c1ccc2c(c1)CCCN(CC1CCNCC1)C2. The van der Waals surface area contributed by atoms with Crippen molar-refractivity contribution < 1.29 is 0 Å². The van der Waals surface area contributed by atoms with E-state index in [1.807, 2.05) is 0 Å². The first-order chi connectivity index (χ1) is 8.92. The molecule has 0 saturated carbocycles. The molecule has 2 heterocycles. The molecule has 1 fully saturated rings. The van der Waals surface area contributed by atoms with E-state index in [0.717, 1.165) is 5.92 Å². The standard InChI is InChI=1S/C16H24N2.ClH/c1-2-5-16-13-18(11-3-6-15(16)4-1)12-14-7-9-17-10-8-14;/h1-2,4-5,14,17H,3,6-13H2;1H. The molecule has 0 aromatic heterocycles. The Balaban J connectivity index is 0.00000133. The summed E-state index contributed by atoms with van der Waals surface area (Å²) in [5.41, 5.74) is 3.13. The number of halogens is 1. The Morgan fingerprint density at radius 3 is 2.63 bits per heavy atom. The van der Waals surface area contributed by atoms with Crippen LogP contribution in [0.4, 0.5) is 0 Å². The number of rotatable bonds is 2. The van der Waals surface area contributed by atoms with Crippen LogP contribution in [0.15, 0.2) is 24.3 Å². The van der Waals surface area contributed by atoms with Crippen LogP contribution in [0.3, 0.4) is 0 Å². The Morgan fingerprint density at radius 2 is 1.84 bits per heavy atom. The second-order valence-electron chi connectivity index (χ2n) is 5.80. The lowest BCUT2D eigenvalue weighted by atomic mass is 9.97. The highest BCUT2D eigenvalue weighted by Crippen LogP contribution is 2.21. The van der Waals surface area contributed by atoms with Gasteiger partial charge in [-0.1, -0.05) is 24.3 Å². The van der Waals surface area contributed by atoms with Gasteiger partial charge in [-0.25, -0.2) is 0 Å². The Labute approximate surface area is 123 Å². The highest BCUT2D eigenvalue weighted by molar-refractivity contribution is 5.85.